The van der Waals surface area contributed by atoms with E-state index in [-0.39, 0.29) is 43.6 Å². The smallest absolute Gasteiger partial charge is 0.424 e. The third kappa shape index (κ3) is 5.12. The van der Waals surface area contributed by atoms with E-state index in [9.17, 15) is 19.5 Å². The van der Waals surface area contributed by atoms with Crippen molar-refractivity contribution < 1.29 is 19.5 Å². The molecule has 3 aromatic carbocycles. The molecule has 8 nitrogen and oxygen atoms in total. The van der Waals surface area contributed by atoms with Crippen molar-refractivity contribution in [3.8, 4) is 0 Å². The molecule has 0 spiro atoms. The minimum atomic E-state index is -1.15. The second-order valence-electron chi connectivity index (χ2n) is 9.52. The van der Waals surface area contributed by atoms with Gasteiger partial charge in [0, 0.05) is 25.9 Å². The number of para-hydroxylation sites is 3. The standard InChI is InChI=1S/C29H30N4O4.H2S/c34-27(35)26-22-30(29(37)33(20-10-11-21-33)25-16-8-3-9-17-25)18-19-31(26)28(36)32(23-12-4-1-5-13-23)24-14-6-2-7-15-24;/h1-9,12-17,26H,10-11,18-22H2;1H2/p+1/t26-;/m0./s1. The largest absolute Gasteiger partial charge is 0.480 e. The molecule has 1 N–H and O–H groups in total. The summed E-state index contributed by atoms with van der Waals surface area (Å²) in [5, 5.41) is 10.2. The first-order valence-electron chi connectivity index (χ1n) is 12.7. The minimum absolute atomic E-state index is 0. The molecule has 9 heteroatoms. The fraction of sp³-hybridized carbons (Fsp3) is 0.276. The molecule has 0 bridgehead atoms. The van der Waals surface area contributed by atoms with E-state index in [0.717, 1.165) is 18.5 Å². The Hall–Kier alpha value is -3.82. The van der Waals surface area contributed by atoms with Gasteiger partial charge in [0.2, 0.25) is 0 Å². The van der Waals surface area contributed by atoms with E-state index in [1.165, 1.54) is 9.80 Å². The number of aliphatic carboxylic acids is 1. The molecule has 0 aromatic heterocycles. The summed E-state index contributed by atoms with van der Waals surface area (Å²) in [7, 11) is 0. The number of hydrogen-bond acceptors (Lipinski definition) is 3. The number of carbonyl (C=O) groups is 3. The molecule has 2 saturated heterocycles. The van der Waals surface area contributed by atoms with Gasteiger partial charge in [0.05, 0.1) is 31.0 Å². The molecule has 5 rings (SSSR count). The molecule has 4 amide bonds. The third-order valence-corrected chi connectivity index (χ3v) is 7.35. The molecule has 3 aromatic rings. The van der Waals surface area contributed by atoms with Gasteiger partial charge in [0.15, 0.2) is 0 Å². The van der Waals surface area contributed by atoms with Gasteiger partial charge in [-0.3, -0.25) is 9.80 Å². The average Bonchev–Trinajstić information content (AvgIpc) is 3.45. The molecule has 2 aliphatic heterocycles. The zero-order valence-electron chi connectivity index (χ0n) is 21.1. The summed E-state index contributed by atoms with van der Waals surface area (Å²) < 4.78 is 0.196. The summed E-state index contributed by atoms with van der Waals surface area (Å²) in [6.07, 6.45) is 1.87. The quantitative estimate of drug-likeness (QED) is 0.476. The highest BCUT2D eigenvalue weighted by atomic mass is 32.1. The SMILES string of the molecule is O=C(O)[C@@H]1CN(C(=O)[N+]2(c3ccccc3)CCCC2)CCN1C(=O)N(c1ccccc1)c1ccccc1.S. The Labute approximate surface area is 229 Å². The Kier molecular flexibility index (Phi) is 8.38. The van der Waals surface area contributed by atoms with Gasteiger partial charge in [-0.15, -0.1) is 0 Å². The predicted molar refractivity (Wildman–Crippen MR) is 153 cm³/mol. The summed E-state index contributed by atoms with van der Waals surface area (Å²) in [6.45, 7) is 1.74. The molecular weight excluding hydrogens is 500 g/mol. The molecule has 38 heavy (non-hydrogen) atoms. The number of piperazine rings is 1. The van der Waals surface area contributed by atoms with Crippen molar-refractivity contribution in [2.24, 2.45) is 0 Å². The lowest BCUT2D eigenvalue weighted by Gasteiger charge is -2.43. The molecule has 0 aliphatic carbocycles. The highest BCUT2D eigenvalue weighted by Crippen LogP contribution is 2.33. The van der Waals surface area contributed by atoms with Crippen LogP contribution in [0.4, 0.5) is 26.7 Å². The van der Waals surface area contributed by atoms with Crippen LogP contribution in [0.2, 0.25) is 0 Å². The normalized spacial score (nSPS) is 18.4. The van der Waals surface area contributed by atoms with E-state index < -0.39 is 18.0 Å². The molecule has 1 atom stereocenters. The molecule has 2 aliphatic rings. The van der Waals surface area contributed by atoms with Crippen molar-refractivity contribution >= 4 is 48.6 Å². The molecule has 0 unspecified atom stereocenters. The monoisotopic (exact) mass is 533 g/mol. The zero-order valence-corrected chi connectivity index (χ0v) is 22.1. The van der Waals surface area contributed by atoms with Crippen LogP contribution in [0.5, 0.6) is 0 Å². The van der Waals surface area contributed by atoms with Crippen molar-refractivity contribution in [3.05, 3.63) is 91.0 Å². The van der Waals surface area contributed by atoms with E-state index in [4.69, 9.17) is 0 Å². The number of carboxylic acids is 1. The minimum Gasteiger partial charge on any atom is -0.480 e. The van der Waals surface area contributed by atoms with Gasteiger partial charge >= 0.3 is 18.0 Å². The second kappa shape index (κ2) is 11.7. The first-order valence-corrected chi connectivity index (χ1v) is 12.7. The Morgan fingerprint density at radius 3 is 1.76 bits per heavy atom. The van der Waals surface area contributed by atoms with Crippen molar-refractivity contribution in [2.75, 3.05) is 37.6 Å². The summed E-state index contributed by atoms with van der Waals surface area (Å²) in [5.41, 5.74) is 2.22. The average molecular weight is 534 g/mol. The Morgan fingerprint density at radius 1 is 0.763 bits per heavy atom. The maximum Gasteiger partial charge on any atom is 0.424 e. The van der Waals surface area contributed by atoms with Crippen molar-refractivity contribution in [3.63, 3.8) is 0 Å². The number of anilines is 2. The maximum absolute atomic E-state index is 13.9. The van der Waals surface area contributed by atoms with E-state index in [1.807, 2.05) is 91.0 Å². The van der Waals surface area contributed by atoms with Crippen LogP contribution in [0.1, 0.15) is 12.8 Å². The topological polar surface area (TPSA) is 81.2 Å². The maximum atomic E-state index is 13.9. The van der Waals surface area contributed by atoms with Gasteiger partial charge < -0.3 is 10.0 Å². The number of benzene rings is 3. The number of likely N-dealkylation sites (tertiary alicyclic amines) is 1. The van der Waals surface area contributed by atoms with Crippen molar-refractivity contribution in [1.82, 2.24) is 14.3 Å². The van der Waals surface area contributed by atoms with Gasteiger partial charge in [-0.25, -0.2) is 18.9 Å². The zero-order chi connectivity index (χ0) is 25.8. The first kappa shape index (κ1) is 27.2. The van der Waals surface area contributed by atoms with Crippen LogP contribution in [0, 0.1) is 0 Å². The predicted octanol–water partition coefficient (Wildman–Crippen LogP) is 5.05. The van der Waals surface area contributed by atoms with Gasteiger partial charge in [-0.05, 0) is 36.4 Å². The summed E-state index contributed by atoms with van der Waals surface area (Å²) in [6, 6.07) is 26.4. The summed E-state index contributed by atoms with van der Waals surface area (Å²) in [5.74, 6) is -1.13. The van der Waals surface area contributed by atoms with Crippen LogP contribution in [0.25, 0.3) is 0 Å². The fourth-order valence-corrected chi connectivity index (χ4v) is 5.47. The number of quaternary nitrogens is 1. The number of urea groups is 2. The summed E-state index contributed by atoms with van der Waals surface area (Å²) >= 11 is 0. The number of hydrogen-bond donors (Lipinski definition) is 1. The van der Waals surface area contributed by atoms with Gasteiger partial charge in [-0.2, -0.15) is 13.5 Å². The van der Waals surface area contributed by atoms with Gasteiger partial charge in [-0.1, -0.05) is 54.6 Å². The Bertz CT molecular complexity index is 1210. The van der Waals surface area contributed by atoms with E-state index >= 15 is 0 Å². The van der Waals surface area contributed by atoms with Crippen molar-refractivity contribution in [2.45, 2.75) is 18.9 Å². The fourth-order valence-electron chi connectivity index (χ4n) is 5.47. The molecule has 0 saturated carbocycles. The first-order chi connectivity index (χ1) is 18.0. The van der Waals surface area contributed by atoms with Gasteiger partial charge in [0.1, 0.15) is 11.7 Å². The highest BCUT2D eigenvalue weighted by molar-refractivity contribution is 7.59. The van der Waals surface area contributed by atoms with Crippen LogP contribution >= 0.6 is 13.5 Å². The van der Waals surface area contributed by atoms with Gasteiger partial charge in [0.25, 0.3) is 0 Å². The van der Waals surface area contributed by atoms with Crippen LogP contribution in [-0.2, 0) is 4.79 Å². The second-order valence-corrected chi connectivity index (χ2v) is 9.52. The molecular formula is C29H33N4O4S+. The van der Waals surface area contributed by atoms with E-state index in [0.29, 0.717) is 24.5 Å². The van der Waals surface area contributed by atoms with Crippen LogP contribution < -0.4 is 9.38 Å². The lowest BCUT2D eigenvalue weighted by atomic mass is 10.1. The number of carbonyl (C=O) groups excluding carboxylic acids is 2. The van der Waals surface area contributed by atoms with Crippen LogP contribution in [0.15, 0.2) is 91.0 Å². The summed E-state index contributed by atoms with van der Waals surface area (Å²) in [4.78, 5) is 44.8. The lowest BCUT2D eigenvalue weighted by molar-refractivity contribution is -0.143. The lowest BCUT2D eigenvalue weighted by Crippen LogP contribution is -2.66. The third-order valence-electron chi connectivity index (χ3n) is 7.35. The number of carboxylic acid groups (broad SMARTS) is 1. The number of nitrogens with zero attached hydrogens (tertiary/aromatic N) is 4. The molecule has 0 radical (unpaired) electrons. The molecule has 2 heterocycles. The Balaban J connectivity index is 0.00000336. The number of rotatable bonds is 4. The van der Waals surface area contributed by atoms with Crippen LogP contribution in [-0.4, -0.2) is 71.7 Å². The molecule has 2 fully saturated rings. The van der Waals surface area contributed by atoms with E-state index in [1.54, 1.807) is 4.90 Å². The van der Waals surface area contributed by atoms with Crippen molar-refractivity contribution in [1.29, 1.82) is 0 Å². The van der Waals surface area contributed by atoms with Crippen LogP contribution in [0.3, 0.4) is 0 Å². The molecule has 198 valence electrons. The Morgan fingerprint density at radius 2 is 1.26 bits per heavy atom. The number of amides is 4. The van der Waals surface area contributed by atoms with E-state index in [2.05, 4.69) is 0 Å². The highest BCUT2D eigenvalue weighted by Gasteiger charge is 2.48.